The molecule has 0 aliphatic rings. The molecule has 20 heavy (non-hydrogen) atoms. The summed E-state index contributed by atoms with van der Waals surface area (Å²) in [7, 11) is 1.28. The van der Waals surface area contributed by atoms with Gasteiger partial charge in [0.25, 0.3) is 0 Å². The quantitative estimate of drug-likeness (QED) is 0.621. The molecule has 0 saturated heterocycles. The first kappa shape index (κ1) is 15.9. The smallest absolute Gasteiger partial charge is 0.355 e. The number of esters is 1. The van der Waals surface area contributed by atoms with Crippen molar-refractivity contribution in [1.82, 2.24) is 15.6 Å². The standard InChI is InChI=1S/C11H15N3O5S/c1-19-9(15)3-5-13-11(18)12-4-2-8-14-7(6-20-8)10(16)17/h6H,2-5H2,1H3,(H,16,17)(H2,12,13,18). The molecule has 0 aliphatic heterocycles. The summed E-state index contributed by atoms with van der Waals surface area (Å²) in [6, 6.07) is -0.399. The second-order valence-electron chi connectivity index (χ2n) is 3.69. The Kier molecular flexibility index (Phi) is 6.44. The zero-order valence-electron chi connectivity index (χ0n) is 10.8. The summed E-state index contributed by atoms with van der Waals surface area (Å²) in [4.78, 5) is 36.6. The highest BCUT2D eigenvalue weighted by Gasteiger charge is 2.08. The van der Waals surface area contributed by atoms with E-state index >= 15 is 0 Å². The number of nitrogens with zero attached hydrogens (tertiary/aromatic N) is 1. The second kappa shape index (κ2) is 8.10. The van der Waals surface area contributed by atoms with Crippen molar-refractivity contribution in [2.75, 3.05) is 20.2 Å². The first-order valence-electron chi connectivity index (χ1n) is 5.79. The van der Waals surface area contributed by atoms with Crippen LogP contribution in [0.2, 0.25) is 0 Å². The lowest BCUT2D eigenvalue weighted by Crippen LogP contribution is -2.37. The average Bonchev–Trinajstić information content (AvgIpc) is 2.87. The average molecular weight is 301 g/mol. The summed E-state index contributed by atoms with van der Waals surface area (Å²) in [6.07, 6.45) is 0.556. The topological polar surface area (TPSA) is 118 Å². The Hall–Kier alpha value is -2.16. The van der Waals surface area contributed by atoms with Gasteiger partial charge in [0.15, 0.2) is 5.69 Å². The fourth-order valence-corrected chi connectivity index (χ4v) is 2.02. The molecule has 0 aliphatic carbocycles. The van der Waals surface area contributed by atoms with Gasteiger partial charge < -0.3 is 20.5 Å². The molecule has 0 atom stereocenters. The van der Waals surface area contributed by atoms with Crippen molar-refractivity contribution < 1.29 is 24.2 Å². The highest BCUT2D eigenvalue weighted by atomic mass is 32.1. The number of carbonyl (C=O) groups is 3. The molecule has 1 heterocycles. The van der Waals surface area contributed by atoms with Crippen LogP contribution in [0.15, 0.2) is 5.38 Å². The summed E-state index contributed by atoms with van der Waals surface area (Å²) in [5.41, 5.74) is 0.00697. The van der Waals surface area contributed by atoms with Crippen molar-refractivity contribution in [3.05, 3.63) is 16.1 Å². The van der Waals surface area contributed by atoms with Crippen molar-refractivity contribution in [3.63, 3.8) is 0 Å². The highest BCUT2D eigenvalue weighted by molar-refractivity contribution is 7.09. The lowest BCUT2D eigenvalue weighted by molar-refractivity contribution is -0.140. The normalized spacial score (nSPS) is 9.85. The Morgan fingerprint density at radius 3 is 2.65 bits per heavy atom. The molecule has 2 amide bonds. The fourth-order valence-electron chi connectivity index (χ4n) is 1.25. The molecule has 8 nitrogen and oxygen atoms in total. The zero-order chi connectivity index (χ0) is 15.0. The molecule has 9 heteroatoms. The number of aromatic carboxylic acids is 1. The third-order valence-corrected chi connectivity index (χ3v) is 3.15. The van der Waals surface area contributed by atoms with E-state index in [1.807, 2.05) is 0 Å². The highest BCUT2D eigenvalue weighted by Crippen LogP contribution is 2.09. The monoisotopic (exact) mass is 301 g/mol. The van der Waals surface area contributed by atoms with Gasteiger partial charge in [-0.05, 0) is 0 Å². The van der Waals surface area contributed by atoms with E-state index in [1.165, 1.54) is 23.8 Å². The first-order chi connectivity index (χ1) is 9.52. The van der Waals surface area contributed by atoms with Gasteiger partial charge in [0.05, 0.1) is 18.5 Å². The van der Waals surface area contributed by atoms with E-state index < -0.39 is 18.0 Å². The van der Waals surface area contributed by atoms with Crippen molar-refractivity contribution in [1.29, 1.82) is 0 Å². The van der Waals surface area contributed by atoms with E-state index in [-0.39, 0.29) is 18.7 Å². The Morgan fingerprint density at radius 1 is 1.35 bits per heavy atom. The van der Waals surface area contributed by atoms with Crippen LogP contribution < -0.4 is 10.6 Å². The number of amides is 2. The Bertz CT molecular complexity index is 488. The van der Waals surface area contributed by atoms with Gasteiger partial charge in [0, 0.05) is 24.9 Å². The van der Waals surface area contributed by atoms with Gasteiger partial charge in [0.1, 0.15) is 0 Å². The fraction of sp³-hybridized carbons (Fsp3) is 0.455. The number of aromatic nitrogens is 1. The number of nitrogens with one attached hydrogen (secondary N) is 2. The maximum absolute atomic E-state index is 11.3. The number of carbonyl (C=O) groups excluding carboxylic acids is 2. The molecule has 0 bridgehead atoms. The van der Waals surface area contributed by atoms with E-state index in [0.717, 1.165) is 0 Å². The number of rotatable bonds is 7. The number of carboxylic acids is 1. The molecular weight excluding hydrogens is 286 g/mol. The van der Waals surface area contributed by atoms with Crippen LogP contribution >= 0.6 is 11.3 Å². The number of hydrogen-bond donors (Lipinski definition) is 3. The molecule has 1 aromatic heterocycles. The van der Waals surface area contributed by atoms with Gasteiger partial charge in [-0.25, -0.2) is 14.6 Å². The minimum atomic E-state index is -1.07. The molecule has 0 spiro atoms. The molecule has 110 valence electrons. The van der Waals surface area contributed by atoms with E-state index in [1.54, 1.807) is 0 Å². The van der Waals surface area contributed by atoms with Crippen LogP contribution in [0.1, 0.15) is 21.9 Å². The molecule has 0 aromatic carbocycles. The zero-order valence-corrected chi connectivity index (χ0v) is 11.7. The minimum absolute atomic E-state index is 0.00697. The largest absolute Gasteiger partial charge is 0.476 e. The van der Waals surface area contributed by atoms with Gasteiger partial charge in [-0.15, -0.1) is 11.3 Å². The van der Waals surface area contributed by atoms with E-state index in [4.69, 9.17) is 5.11 Å². The number of ether oxygens (including phenoxy) is 1. The maximum Gasteiger partial charge on any atom is 0.355 e. The second-order valence-corrected chi connectivity index (χ2v) is 4.63. The number of methoxy groups -OCH3 is 1. The van der Waals surface area contributed by atoms with Crippen molar-refractivity contribution in [2.24, 2.45) is 0 Å². The van der Waals surface area contributed by atoms with Gasteiger partial charge in [-0.2, -0.15) is 0 Å². The summed E-state index contributed by atoms with van der Waals surface area (Å²) >= 11 is 1.23. The molecule has 0 fully saturated rings. The molecule has 3 N–H and O–H groups in total. The predicted molar refractivity (Wildman–Crippen MR) is 70.8 cm³/mol. The molecule has 1 aromatic rings. The van der Waals surface area contributed by atoms with Crippen LogP contribution in [-0.2, 0) is 16.0 Å². The predicted octanol–water partition coefficient (Wildman–Crippen LogP) is 0.246. The molecule has 0 saturated carbocycles. The van der Waals surface area contributed by atoms with Crippen molar-refractivity contribution in [3.8, 4) is 0 Å². The van der Waals surface area contributed by atoms with Crippen LogP contribution in [0.5, 0.6) is 0 Å². The van der Waals surface area contributed by atoms with Gasteiger partial charge in [-0.1, -0.05) is 0 Å². The van der Waals surface area contributed by atoms with Crippen LogP contribution in [0.3, 0.4) is 0 Å². The molecular formula is C11H15N3O5S. The van der Waals surface area contributed by atoms with Crippen molar-refractivity contribution >= 4 is 29.3 Å². The van der Waals surface area contributed by atoms with Crippen LogP contribution in [0, 0.1) is 0 Å². The lowest BCUT2D eigenvalue weighted by Gasteiger charge is -2.05. The Morgan fingerprint density at radius 2 is 2.05 bits per heavy atom. The Labute approximate surface area is 119 Å². The third-order valence-electron chi connectivity index (χ3n) is 2.24. The van der Waals surface area contributed by atoms with Gasteiger partial charge in [0.2, 0.25) is 0 Å². The first-order valence-corrected chi connectivity index (χ1v) is 6.67. The summed E-state index contributed by atoms with van der Waals surface area (Å²) in [6.45, 7) is 0.523. The van der Waals surface area contributed by atoms with Gasteiger partial charge >= 0.3 is 18.0 Å². The summed E-state index contributed by atoms with van der Waals surface area (Å²) in [5, 5.41) is 15.9. The summed E-state index contributed by atoms with van der Waals surface area (Å²) in [5.74, 6) is -1.46. The summed E-state index contributed by atoms with van der Waals surface area (Å²) < 4.78 is 4.43. The lowest BCUT2D eigenvalue weighted by atomic mass is 10.4. The van der Waals surface area contributed by atoms with Gasteiger partial charge in [-0.3, -0.25) is 4.79 Å². The maximum atomic E-state index is 11.3. The van der Waals surface area contributed by atoms with Crippen molar-refractivity contribution in [2.45, 2.75) is 12.8 Å². The number of carboxylic acid groups (broad SMARTS) is 1. The minimum Gasteiger partial charge on any atom is -0.476 e. The third kappa shape index (κ3) is 5.65. The van der Waals surface area contributed by atoms with Crippen LogP contribution in [0.25, 0.3) is 0 Å². The van der Waals surface area contributed by atoms with Crippen LogP contribution in [0.4, 0.5) is 4.79 Å². The SMILES string of the molecule is COC(=O)CCNC(=O)NCCc1nc(C(=O)O)cs1. The number of thiazole rings is 1. The number of hydrogen-bond acceptors (Lipinski definition) is 6. The van der Waals surface area contributed by atoms with E-state index in [0.29, 0.717) is 18.0 Å². The molecule has 0 radical (unpaired) electrons. The number of urea groups is 1. The molecule has 0 unspecified atom stereocenters. The Balaban J connectivity index is 2.18. The van der Waals surface area contributed by atoms with E-state index in [2.05, 4.69) is 20.4 Å². The van der Waals surface area contributed by atoms with Crippen LogP contribution in [-0.4, -0.2) is 48.3 Å². The van der Waals surface area contributed by atoms with E-state index in [9.17, 15) is 14.4 Å². The molecule has 1 rings (SSSR count).